The first-order valence-corrected chi connectivity index (χ1v) is 10.1. The fourth-order valence-corrected chi connectivity index (χ4v) is 4.82. The number of ether oxygens (including phenoxy) is 2. The van der Waals surface area contributed by atoms with Gasteiger partial charge < -0.3 is 9.47 Å². The summed E-state index contributed by atoms with van der Waals surface area (Å²) in [6.07, 6.45) is 2.26. The zero-order valence-corrected chi connectivity index (χ0v) is 16.4. The van der Waals surface area contributed by atoms with Crippen LogP contribution in [-0.2, 0) is 6.54 Å². The lowest BCUT2D eigenvalue weighted by Crippen LogP contribution is -2.33. The predicted octanol–water partition coefficient (Wildman–Crippen LogP) is 5.29. The third-order valence-electron chi connectivity index (χ3n) is 5.02. The van der Waals surface area contributed by atoms with Gasteiger partial charge in [-0.25, -0.2) is 4.98 Å². The first-order chi connectivity index (χ1) is 13.6. The van der Waals surface area contributed by atoms with Crippen LogP contribution in [0.1, 0.15) is 29.3 Å². The van der Waals surface area contributed by atoms with E-state index in [2.05, 4.69) is 21.8 Å². The van der Waals surface area contributed by atoms with Crippen molar-refractivity contribution in [3.8, 4) is 11.5 Å². The second kappa shape index (κ2) is 8.41. The number of hydrogen-bond donors (Lipinski definition) is 0. The molecular formula is C21H22F2N2O2S. The van der Waals surface area contributed by atoms with Crippen LogP contribution in [0, 0.1) is 0 Å². The molecule has 0 radical (unpaired) electrons. The summed E-state index contributed by atoms with van der Waals surface area (Å²) in [7, 11) is 1.46. The SMILES string of the molecule is COc1cc(CN2CCC[C@H](c3nc4ccccc4s3)C2)ccc1OC(F)F. The van der Waals surface area contributed by atoms with Crippen LogP contribution < -0.4 is 9.47 Å². The van der Waals surface area contributed by atoms with Gasteiger partial charge in [-0.3, -0.25) is 4.90 Å². The largest absolute Gasteiger partial charge is 0.493 e. The van der Waals surface area contributed by atoms with Gasteiger partial charge in [0.15, 0.2) is 11.5 Å². The Hall–Kier alpha value is -2.25. The van der Waals surface area contributed by atoms with Gasteiger partial charge in [-0.05, 0) is 49.2 Å². The molecule has 7 heteroatoms. The average Bonchev–Trinajstić information content (AvgIpc) is 3.13. The number of rotatable bonds is 6. The Labute approximate surface area is 166 Å². The molecule has 1 atom stereocenters. The number of para-hydroxylation sites is 1. The van der Waals surface area contributed by atoms with Gasteiger partial charge in [0.05, 0.1) is 22.3 Å². The Morgan fingerprint density at radius 2 is 2.07 bits per heavy atom. The van der Waals surface area contributed by atoms with Crippen molar-refractivity contribution in [2.45, 2.75) is 31.9 Å². The number of aromatic nitrogens is 1. The Morgan fingerprint density at radius 3 is 2.86 bits per heavy atom. The normalized spacial score (nSPS) is 17.9. The van der Waals surface area contributed by atoms with Crippen molar-refractivity contribution in [3.63, 3.8) is 0 Å². The van der Waals surface area contributed by atoms with Crippen LogP contribution in [0.5, 0.6) is 11.5 Å². The lowest BCUT2D eigenvalue weighted by Gasteiger charge is -2.31. The number of fused-ring (bicyclic) bond motifs is 1. The minimum Gasteiger partial charge on any atom is -0.493 e. The maximum atomic E-state index is 12.5. The standard InChI is InChI=1S/C21H22F2N2O2S/c1-26-18-11-14(8-9-17(18)27-21(22)23)12-25-10-4-5-15(13-25)20-24-16-6-2-3-7-19(16)28-20/h2-3,6-9,11,15,21H,4-5,10,12-13H2,1H3/t15-/m0/s1. The third-order valence-corrected chi connectivity index (χ3v) is 6.21. The van der Waals surface area contributed by atoms with Gasteiger partial charge >= 0.3 is 6.61 Å². The smallest absolute Gasteiger partial charge is 0.387 e. The van der Waals surface area contributed by atoms with Gasteiger partial charge in [-0.15, -0.1) is 11.3 Å². The molecule has 0 unspecified atom stereocenters. The molecule has 0 bridgehead atoms. The van der Waals surface area contributed by atoms with Crippen LogP contribution in [-0.4, -0.2) is 36.7 Å². The van der Waals surface area contributed by atoms with Crippen LogP contribution in [0.3, 0.4) is 0 Å². The van der Waals surface area contributed by atoms with E-state index in [1.165, 1.54) is 16.8 Å². The van der Waals surface area contributed by atoms with Crippen LogP contribution in [0.25, 0.3) is 10.2 Å². The van der Waals surface area contributed by atoms with E-state index in [4.69, 9.17) is 9.72 Å². The number of likely N-dealkylation sites (tertiary alicyclic amines) is 1. The molecule has 0 amide bonds. The number of benzene rings is 2. The zero-order chi connectivity index (χ0) is 19.5. The van der Waals surface area contributed by atoms with E-state index < -0.39 is 6.61 Å². The van der Waals surface area contributed by atoms with Crippen molar-refractivity contribution in [1.82, 2.24) is 9.88 Å². The minimum absolute atomic E-state index is 0.0623. The molecule has 0 saturated carbocycles. The van der Waals surface area contributed by atoms with Gasteiger partial charge in [0.25, 0.3) is 0 Å². The lowest BCUT2D eigenvalue weighted by atomic mass is 9.98. The molecule has 2 aromatic carbocycles. The fraction of sp³-hybridized carbons (Fsp3) is 0.381. The third kappa shape index (κ3) is 4.25. The van der Waals surface area contributed by atoms with Gasteiger partial charge in [0, 0.05) is 19.0 Å². The van der Waals surface area contributed by atoms with Gasteiger partial charge in [-0.1, -0.05) is 18.2 Å². The van der Waals surface area contributed by atoms with Crippen molar-refractivity contribution < 1.29 is 18.3 Å². The second-order valence-electron chi connectivity index (χ2n) is 6.96. The molecule has 148 valence electrons. The molecule has 2 heterocycles. The van der Waals surface area contributed by atoms with E-state index in [1.807, 2.05) is 18.2 Å². The maximum absolute atomic E-state index is 12.5. The zero-order valence-electron chi connectivity index (χ0n) is 15.6. The van der Waals surface area contributed by atoms with Crippen LogP contribution >= 0.6 is 11.3 Å². The summed E-state index contributed by atoms with van der Waals surface area (Å²) in [5.74, 6) is 0.819. The molecule has 0 aliphatic carbocycles. The molecule has 1 aliphatic heterocycles. The molecule has 3 aromatic rings. The number of halogens is 2. The summed E-state index contributed by atoms with van der Waals surface area (Å²) in [6.45, 7) is -0.167. The number of alkyl halides is 2. The lowest BCUT2D eigenvalue weighted by molar-refractivity contribution is -0.0512. The Balaban J connectivity index is 1.46. The first kappa shape index (κ1) is 19.1. The Morgan fingerprint density at radius 1 is 1.21 bits per heavy atom. The van der Waals surface area contributed by atoms with Gasteiger partial charge in [-0.2, -0.15) is 8.78 Å². The highest BCUT2D eigenvalue weighted by Crippen LogP contribution is 2.34. The first-order valence-electron chi connectivity index (χ1n) is 9.32. The fourth-order valence-electron chi connectivity index (χ4n) is 3.73. The number of thiazole rings is 1. The van der Waals surface area contributed by atoms with Crippen molar-refractivity contribution in [2.24, 2.45) is 0 Å². The Kier molecular flexibility index (Phi) is 5.73. The van der Waals surface area contributed by atoms with E-state index in [-0.39, 0.29) is 5.75 Å². The molecule has 1 saturated heterocycles. The van der Waals surface area contributed by atoms with Crippen molar-refractivity contribution in [2.75, 3.05) is 20.2 Å². The van der Waals surface area contributed by atoms with Crippen LogP contribution in [0.4, 0.5) is 8.78 Å². The molecule has 0 N–H and O–H groups in total. The van der Waals surface area contributed by atoms with Crippen molar-refractivity contribution in [1.29, 1.82) is 0 Å². The molecule has 1 aliphatic rings. The molecule has 28 heavy (non-hydrogen) atoms. The summed E-state index contributed by atoms with van der Waals surface area (Å²) in [5.41, 5.74) is 2.09. The second-order valence-corrected chi connectivity index (χ2v) is 8.02. The van der Waals surface area contributed by atoms with E-state index in [0.29, 0.717) is 11.7 Å². The summed E-state index contributed by atoms with van der Waals surface area (Å²) in [6, 6.07) is 13.4. The molecular weight excluding hydrogens is 382 g/mol. The van der Waals surface area contributed by atoms with Crippen molar-refractivity contribution >= 4 is 21.6 Å². The topological polar surface area (TPSA) is 34.6 Å². The van der Waals surface area contributed by atoms with E-state index in [1.54, 1.807) is 23.5 Å². The quantitative estimate of drug-likeness (QED) is 0.559. The minimum atomic E-state index is -2.86. The molecule has 4 rings (SSSR count). The summed E-state index contributed by atoms with van der Waals surface area (Å²) in [5, 5.41) is 1.20. The van der Waals surface area contributed by atoms with Gasteiger partial charge in [0.1, 0.15) is 0 Å². The predicted molar refractivity (Wildman–Crippen MR) is 106 cm³/mol. The number of hydrogen-bond acceptors (Lipinski definition) is 5. The number of nitrogens with zero attached hydrogens (tertiary/aromatic N) is 2. The molecule has 0 spiro atoms. The van der Waals surface area contributed by atoms with E-state index in [9.17, 15) is 8.78 Å². The molecule has 1 fully saturated rings. The van der Waals surface area contributed by atoms with E-state index in [0.717, 1.165) is 43.6 Å². The van der Waals surface area contributed by atoms with E-state index >= 15 is 0 Å². The highest BCUT2D eigenvalue weighted by atomic mass is 32.1. The summed E-state index contributed by atoms with van der Waals surface area (Å²) < 4.78 is 36.0. The summed E-state index contributed by atoms with van der Waals surface area (Å²) in [4.78, 5) is 7.22. The summed E-state index contributed by atoms with van der Waals surface area (Å²) >= 11 is 1.78. The maximum Gasteiger partial charge on any atom is 0.387 e. The van der Waals surface area contributed by atoms with Gasteiger partial charge in [0.2, 0.25) is 0 Å². The monoisotopic (exact) mass is 404 g/mol. The Bertz CT molecular complexity index is 914. The van der Waals surface area contributed by atoms with Crippen LogP contribution in [0.15, 0.2) is 42.5 Å². The number of methoxy groups -OCH3 is 1. The van der Waals surface area contributed by atoms with Crippen LogP contribution in [0.2, 0.25) is 0 Å². The average molecular weight is 404 g/mol. The van der Waals surface area contributed by atoms with Crippen molar-refractivity contribution in [3.05, 3.63) is 53.0 Å². The highest BCUT2D eigenvalue weighted by molar-refractivity contribution is 7.18. The number of piperidine rings is 1. The molecule has 4 nitrogen and oxygen atoms in total. The molecule has 1 aromatic heterocycles. The highest BCUT2D eigenvalue weighted by Gasteiger charge is 2.24.